The highest BCUT2D eigenvalue weighted by atomic mass is 79.9. The molecule has 0 bridgehead atoms. The fourth-order valence-corrected chi connectivity index (χ4v) is 2.90. The van der Waals surface area contributed by atoms with E-state index in [2.05, 4.69) is 27.2 Å². The Bertz CT molecular complexity index is 974. The predicted octanol–water partition coefficient (Wildman–Crippen LogP) is 4.67. The highest BCUT2D eigenvalue weighted by molar-refractivity contribution is 9.10. The molecule has 1 N–H and O–H groups in total. The number of nitrogens with one attached hydrogen (secondary N) is 1. The van der Waals surface area contributed by atoms with E-state index in [-0.39, 0.29) is 12.2 Å². The summed E-state index contributed by atoms with van der Waals surface area (Å²) in [6.07, 6.45) is 6.64. The molecule has 0 saturated heterocycles. The maximum Gasteiger partial charge on any atom is 0.266 e. The van der Waals surface area contributed by atoms with Crippen LogP contribution in [0.25, 0.3) is 6.08 Å². The van der Waals surface area contributed by atoms with Crippen LogP contribution in [0, 0.1) is 23.7 Å². The number of nitriles is 1. The number of rotatable bonds is 6. The number of amides is 1. The van der Waals surface area contributed by atoms with Crippen molar-refractivity contribution >= 4 is 45.2 Å². The van der Waals surface area contributed by atoms with E-state index >= 15 is 0 Å². The molecule has 0 atom stereocenters. The van der Waals surface area contributed by atoms with Crippen LogP contribution >= 0.6 is 27.5 Å². The van der Waals surface area contributed by atoms with E-state index in [1.807, 2.05) is 6.07 Å². The minimum Gasteiger partial charge on any atom is -0.493 e. The number of benzene rings is 2. The Morgan fingerprint density at radius 1 is 1.41 bits per heavy atom. The lowest BCUT2D eigenvalue weighted by Crippen LogP contribution is -2.13. The van der Waals surface area contributed by atoms with Gasteiger partial charge < -0.3 is 14.8 Å². The zero-order valence-electron chi connectivity index (χ0n) is 14.3. The van der Waals surface area contributed by atoms with Gasteiger partial charge in [0.15, 0.2) is 11.5 Å². The van der Waals surface area contributed by atoms with Gasteiger partial charge in [0.2, 0.25) is 0 Å². The number of halogens is 2. The lowest BCUT2D eigenvalue weighted by Gasteiger charge is -2.12. The molecule has 0 aliphatic carbocycles. The minimum absolute atomic E-state index is 0.0772. The zero-order valence-corrected chi connectivity index (χ0v) is 16.6. The maximum absolute atomic E-state index is 12.4. The van der Waals surface area contributed by atoms with Gasteiger partial charge in [-0.1, -0.05) is 29.7 Å². The molecule has 5 nitrogen and oxygen atoms in total. The van der Waals surface area contributed by atoms with Crippen molar-refractivity contribution in [1.29, 1.82) is 5.26 Å². The number of nitrogens with zero attached hydrogens (tertiary/aromatic N) is 1. The highest BCUT2D eigenvalue weighted by Gasteiger charge is 2.14. The van der Waals surface area contributed by atoms with Crippen LogP contribution in [0.3, 0.4) is 0 Å². The van der Waals surface area contributed by atoms with Gasteiger partial charge in [-0.05, 0) is 51.8 Å². The van der Waals surface area contributed by atoms with Crippen molar-refractivity contribution in [2.75, 3.05) is 19.0 Å². The quantitative estimate of drug-likeness (QED) is 0.398. The SMILES string of the molecule is C#CCOc1c(Br)cc(/C=C(\C#N)C(=O)Nc2ccccc2Cl)cc1OC. The van der Waals surface area contributed by atoms with Crippen LogP contribution in [0.4, 0.5) is 5.69 Å². The molecule has 0 aliphatic rings. The fraction of sp³-hybridized carbons (Fsp3) is 0.100. The maximum atomic E-state index is 12.4. The van der Waals surface area contributed by atoms with Gasteiger partial charge in [-0.2, -0.15) is 5.26 Å². The number of anilines is 1. The molecule has 136 valence electrons. The molecule has 0 fully saturated rings. The highest BCUT2D eigenvalue weighted by Crippen LogP contribution is 2.37. The van der Waals surface area contributed by atoms with Crippen molar-refractivity contribution in [2.24, 2.45) is 0 Å². The molecule has 2 rings (SSSR count). The molecule has 0 unspecified atom stereocenters. The second-order valence-corrected chi connectivity index (χ2v) is 6.39. The predicted molar refractivity (Wildman–Crippen MR) is 109 cm³/mol. The Balaban J connectivity index is 2.33. The number of hydrogen-bond donors (Lipinski definition) is 1. The van der Waals surface area contributed by atoms with Gasteiger partial charge in [-0.3, -0.25) is 4.79 Å². The molecule has 1 amide bonds. The van der Waals surface area contributed by atoms with Gasteiger partial charge in [0, 0.05) is 0 Å². The molecule has 27 heavy (non-hydrogen) atoms. The van der Waals surface area contributed by atoms with Gasteiger partial charge >= 0.3 is 0 Å². The summed E-state index contributed by atoms with van der Waals surface area (Å²) in [7, 11) is 1.48. The zero-order chi connectivity index (χ0) is 19.8. The van der Waals surface area contributed by atoms with Crippen LogP contribution in [0.15, 0.2) is 46.4 Å². The van der Waals surface area contributed by atoms with E-state index in [4.69, 9.17) is 27.5 Å². The number of carbonyl (C=O) groups is 1. The first kappa shape index (κ1) is 20.4. The Kier molecular flexibility index (Phi) is 7.31. The standard InChI is InChI=1S/C20H14BrClN2O3/c1-3-8-27-19-15(21)10-13(11-18(19)26-2)9-14(12-23)20(25)24-17-7-5-4-6-16(17)22/h1,4-7,9-11H,8H2,2H3,(H,24,25)/b14-9+. The molecule has 0 radical (unpaired) electrons. The van der Waals surface area contributed by atoms with E-state index < -0.39 is 5.91 Å². The number of ether oxygens (including phenoxy) is 2. The van der Waals surface area contributed by atoms with E-state index in [1.54, 1.807) is 36.4 Å². The summed E-state index contributed by atoms with van der Waals surface area (Å²) >= 11 is 9.41. The molecule has 0 aromatic heterocycles. The number of hydrogen-bond acceptors (Lipinski definition) is 4. The third kappa shape index (κ3) is 5.27. The van der Waals surface area contributed by atoms with Gasteiger partial charge in [0.05, 0.1) is 22.3 Å². The summed E-state index contributed by atoms with van der Waals surface area (Å²) in [5, 5.41) is 12.4. The van der Waals surface area contributed by atoms with Gasteiger partial charge in [0.1, 0.15) is 18.2 Å². The number of para-hydroxylation sites is 1. The smallest absolute Gasteiger partial charge is 0.266 e. The number of methoxy groups -OCH3 is 1. The molecule has 2 aromatic rings. The molecular weight excluding hydrogens is 432 g/mol. The Morgan fingerprint density at radius 3 is 2.78 bits per heavy atom. The van der Waals surface area contributed by atoms with E-state index in [0.29, 0.717) is 32.2 Å². The van der Waals surface area contributed by atoms with Crippen molar-refractivity contribution in [3.63, 3.8) is 0 Å². The van der Waals surface area contributed by atoms with E-state index in [9.17, 15) is 10.1 Å². The van der Waals surface area contributed by atoms with E-state index in [0.717, 1.165) is 0 Å². The van der Waals surface area contributed by atoms with Crippen molar-refractivity contribution in [3.8, 4) is 29.9 Å². The Hall–Kier alpha value is -2.93. The molecular formula is C20H14BrClN2O3. The normalized spacial score (nSPS) is 10.5. The summed E-state index contributed by atoms with van der Waals surface area (Å²) < 4.78 is 11.3. The largest absolute Gasteiger partial charge is 0.493 e. The summed E-state index contributed by atoms with van der Waals surface area (Å²) in [5.41, 5.74) is 0.890. The molecule has 0 heterocycles. The van der Waals surface area contributed by atoms with Crippen molar-refractivity contribution < 1.29 is 14.3 Å². The van der Waals surface area contributed by atoms with Crippen molar-refractivity contribution in [1.82, 2.24) is 0 Å². The Labute approximate surface area is 170 Å². The Morgan fingerprint density at radius 2 is 2.15 bits per heavy atom. The third-order valence-corrected chi connectivity index (χ3v) is 4.27. The van der Waals surface area contributed by atoms with Crippen LogP contribution in [-0.4, -0.2) is 19.6 Å². The van der Waals surface area contributed by atoms with Crippen molar-refractivity contribution in [3.05, 3.63) is 57.0 Å². The van der Waals surface area contributed by atoms with Crippen LogP contribution in [-0.2, 0) is 4.79 Å². The summed E-state index contributed by atoms with van der Waals surface area (Å²) in [4.78, 5) is 12.4. The lowest BCUT2D eigenvalue weighted by atomic mass is 10.1. The second-order valence-electron chi connectivity index (χ2n) is 5.13. The van der Waals surface area contributed by atoms with Gasteiger partial charge in [-0.15, -0.1) is 6.42 Å². The first-order valence-corrected chi connectivity index (χ1v) is 8.78. The topological polar surface area (TPSA) is 71.3 Å². The third-order valence-electron chi connectivity index (χ3n) is 3.35. The number of terminal acetylenes is 1. The summed E-state index contributed by atoms with van der Waals surface area (Å²) in [6, 6.07) is 12.0. The average molecular weight is 446 g/mol. The second kappa shape index (κ2) is 9.68. The molecule has 7 heteroatoms. The van der Waals surface area contributed by atoms with Crippen molar-refractivity contribution in [2.45, 2.75) is 0 Å². The van der Waals surface area contributed by atoms with Crippen LogP contribution in [0.5, 0.6) is 11.5 Å². The number of carbonyl (C=O) groups excluding carboxylic acids is 1. The summed E-state index contributed by atoms with van der Waals surface area (Å²) in [6.45, 7) is 0.0772. The monoisotopic (exact) mass is 444 g/mol. The van der Waals surface area contributed by atoms with Gasteiger partial charge in [-0.25, -0.2) is 0 Å². The first-order chi connectivity index (χ1) is 13.0. The molecule has 0 aliphatic heterocycles. The average Bonchev–Trinajstić information content (AvgIpc) is 2.66. The van der Waals surface area contributed by atoms with Crippen LogP contribution in [0.1, 0.15) is 5.56 Å². The van der Waals surface area contributed by atoms with Crippen LogP contribution < -0.4 is 14.8 Å². The first-order valence-electron chi connectivity index (χ1n) is 7.61. The van der Waals surface area contributed by atoms with Gasteiger partial charge in [0.25, 0.3) is 5.91 Å². The minimum atomic E-state index is -0.576. The fourth-order valence-electron chi connectivity index (χ4n) is 2.14. The lowest BCUT2D eigenvalue weighted by molar-refractivity contribution is -0.112. The molecule has 2 aromatic carbocycles. The van der Waals surface area contributed by atoms with Crippen LogP contribution in [0.2, 0.25) is 5.02 Å². The summed E-state index contributed by atoms with van der Waals surface area (Å²) in [5.74, 6) is 2.65. The molecule has 0 spiro atoms. The molecule has 0 saturated carbocycles. The van der Waals surface area contributed by atoms with E-state index in [1.165, 1.54) is 13.2 Å².